The summed E-state index contributed by atoms with van der Waals surface area (Å²) in [6.45, 7) is 5.91. The molecule has 0 aromatic heterocycles. The van der Waals surface area contributed by atoms with Crippen LogP contribution in [0.25, 0.3) is 0 Å². The van der Waals surface area contributed by atoms with Crippen molar-refractivity contribution >= 4 is 6.09 Å². The topological polar surface area (TPSA) is 69.6 Å². The molecule has 0 spiro atoms. The molecule has 1 amide bonds. The SMILES string of the molecule is CC(C)(C)[C@]1(NC(=O)O)CCCC[C@@H]1O. The van der Waals surface area contributed by atoms with Crippen molar-refractivity contribution in [3.8, 4) is 0 Å². The van der Waals surface area contributed by atoms with Crippen LogP contribution in [-0.2, 0) is 0 Å². The Labute approximate surface area is 90.7 Å². The predicted molar refractivity (Wildman–Crippen MR) is 57.8 cm³/mol. The van der Waals surface area contributed by atoms with Gasteiger partial charge in [0, 0.05) is 0 Å². The van der Waals surface area contributed by atoms with E-state index in [0.29, 0.717) is 12.8 Å². The zero-order chi connectivity index (χ0) is 11.7. The van der Waals surface area contributed by atoms with Crippen LogP contribution in [0, 0.1) is 5.41 Å². The molecule has 0 heterocycles. The second kappa shape index (κ2) is 4.00. The van der Waals surface area contributed by atoms with Crippen molar-refractivity contribution in [2.24, 2.45) is 5.41 Å². The standard InChI is InChI=1S/C11H21NO3/c1-10(2,3)11(12-9(14)15)7-5-4-6-8(11)13/h8,12-13H,4-7H2,1-3H3,(H,14,15)/t8-,11-/m0/s1. The molecule has 0 bridgehead atoms. The first-order valence-electron chi connectivity index (χ1n) is 5.49. The maximum atomic E-state index is 10.8. The fraction of sp³-hybridized carbons (Fsp3) is 0.909. The summed E-state index contributed by atoms with van der Waals surface area (Å²) in [4.78, 5) is 10.8. The molecule has 1 rings (SSSR count). The first-order valence-corrected chi connectivity index (χ1v) is 5.49. The summed E-state index contributed by atoms with van der Waals surface area (Å²) in [6.07, 6.45) is 1.70. The van der Waals surface area contributed by atoms with Gasteiger partial charge in [0.1, 0.15) is 0 Å². The molecule has 0 unspecified atom stereocenters. The minimum Gasteiger partial charge on any atom is -0.465 e. The van der Waals surface area contributed by atoms with Crippen molar-refractivity contribution in [3.63, 3.8) is 0 Å². The highest BCUT2D eigenvalue weighted by atomic mass is 16.4. The van der Waals surface area contributed by atoms with E-state index in [-0.39, 0.29) is 5.41 Å². The largest absolute Gasteiger partial charge is 0.465 e. The molecule has 4 nitrogen and oxygen atoms in total. The smallest absolute Gasteiger partial charge is 0.405 e. The summed E-state index contributed by atoms with van der Waals surface area (Å²) < 4.78 is 0. The first-order chi connectivity index (χ1) is 6.79. The van der Waals surface area contributed by atoms with Gasteiger partial charge in [-0.05, 0) is 18.3 Å². The normalized spacial score (nSPS) is 32.4. The summed E-state index contributed by atoms with van der Waals surface area (Å²) in [5.41, 5.74) is -0.970. The fourth-order valence-electron chi connectivity index (χ4n) is 2.55. The Bertz CT molecular complexity index is 247. The molecule has 1 aliphatic rings. The van der Waals surface area contributed by atoms with Crippen LogP contribution in [0.15, 0.2) is 0 Å². The molecule has 0 saturated heterocycles. The number of hydrogen-bond donors (Lipinski definition) is 3. The number of amides is 1. The summed E-state index contributed by atoms with van der Waals surface area (Å²) in [5.74, 6) is 0. The highest BCUT2D eigenvalue weighted by Gasteiger charge is 2.49. The number of carbonyl (C=O) groups is 1. The summed E-state index contributed by atoms with van der Waals surface area (Å²) in [5, 5.41) is 21.5. The van der Waals surface area contributed by atoms with Crippen molar-refractivity contribution in [2.45, 2.75) is 58.1 Å². The third-order valence-corrected chi connectivity index (χ3v) is 3.54. The van der Waals surface area contributed by atoms with Gasteiger partial charge in [-0.1, -0.05) is 33.6 Å². The van der Waals surface area contributed by atoms with E-state index in [2.05, 4.69) is 5.32 Å². The molecule has 3 N–H and O–H groups in total. The number of aliphatic hydroxyl groups excluding tert-OH is 1. The number of hydrogen-bond acceptors (Lipinski definition) is 2. The molecule has 1 saturated carbocycles. The Kier molecular flexibility index (Phi) is 3.28. The summed E-state index contributed by atoms with van der Waals surface area (Å²) in [7, 11) is 0. The number of aliphatic hydroxyl groups is 1. The van der Waals surface area contributed by atoms with Crippen LogP contribution in [-0.4, -0.2) is 27.9 Å². The zero-order valence-electron chi connectivity index (χ0n) is 9.71. The van der Waals surface area contributed by atoms with E-state index in [4.69, 9.17) is 5.11 Å². The lowest BCUT2D eigenvalue weighted by Crippen LogP contribution is -2.65. The minimum atomic E-state index is -1.05. The highest BCUT2D eigenvalue weighted by Crippen LogP contribution is 2.42. The molecule has 88 valence electrons. The maximum absolute atomic E-state index is 10.8. The fourth-order valence-corrected chi connectivity index (χ4v) is 2.55. The van der Waals surface area contributed by atoms with Gasteiger partial charge >= 0.3 is 6.09 Å². The van der Waals surface area contributed by atoms with Gasteiger partial charge in [-0.3, -0.25) is 0 Å². The van der Waals surface area contributed by atoms with E-state index in [1.54, 1.807) is 0 Å². The Morgan fingerprint density at radius 1 is 1.40 bits per heavy atom. The van der Waals surface area contributed by atoms with E-state index in [1.165, 1.54) is 0 Å². The molecule has 0 aromatic rings. The molecule has 15 heavy (non-hydrogen) atoms. The lowest BCUT2D eigenvalue weighted by Gasteiger charge is -2.50. The van der Waals surface area contributed by atoms with Gasteiger partial charge in [0.2, 0.25) is 0 Å². The zero-order valence-corrected chi connectivity index (χ0v) is 9.71. The molecule has 4 heteroatoms. The highest BCUT2D eigenvalue weighted by molar-refractivity contribution is 5.66. The van der Waals surface area contributed by atoms with Crippen molar-refractivity contribution in [1.82, 2.24) is 5.32 Å². The van der Waals surface area contributed by atoms with Crippen molar-refractivity contribution in [1.29, 1.82) is 0 Å². The van der Waals surface area contributed by atoms with Crippen LogP contribution >= 0.6 is 0 Å². The van der Waals surface area contributed by atoms with E-state index >= 15 is 0 Å². The van der Waals surface area contributed by atoms with Crippen LogP contribution < -0.4 is 5.32 Å². The molecule has 1 aliphatic carbocycles. The molecule has 0 aliphatic heterocycles. The van der Waals surface area contributed by atoms with Crippen LogP contribution in [0.5, 0.6) is 0 Å². The minimum absolute atomic E-state index is 0.273. The number of carboxylic acid groups (broad SMARTS) is 1. The van der Waals surface area contributed by atoms with Crippen molar-refractivity contribution < 1.29 is 15.0 Å². The third-order valence-electron chi connectivity index (χ3n) is 3.54. The number of rotatable bonds is 1. The quantitative estimate of drug-likeness (QED) is 0.626. The third kappa shape index (κ3) is 2.25. The van der Waals surface area contributed by atoms with Crippen molar-refractivity contribution in [2.75, 3.05) is 0 Å². The van der Waals surface area contributed by atoms with Gasteiger partial charge in [-0.25, -0.2) is 4.79 Å². The van der Waals surface area contributed by atoms with Crippen LogP contribution in [0.2, 0.25) is 0 Å². The Morgan fingerprint density at radius 3 is 2.40 bits per heavy atom. The molecule has 0 aromatic carbocycles. The van der Waals surface area contributed by atoms with Crippen LogP contribution in [0.1, 0.15) is 46.5 Å². The lowest BCUT2D eigenvalue weighted by atomic mass is 9.64. The van der Waals surface area contributed by atoms with E-state index < -0.39 is 17.7 Å². The summed E-state index contributed by atoms with van der Waals surface area (Å²) in [6, 6.07) is 0. The first kappa shape index (κ1) is 12.3. The predicted octanol–water partition coefficient (Wildman–Crippen LogP) is 1.97. The monoisotopic (exact) mass is 215 g/mol. The van der Waals surface area contributed by atoms with Gasteiger partial charge in [0.15, 0.2) is 0 Å². The molecule has 1 fully saturated rings. The van der Waals surface area contributed by atoms with E-state index in [9.17, 15) is 9.90 Å². The van der Waals surface area contributed by atoms with Gasteiger partial charge in [0.05, 0.1) is 11.6 Å². The molecule has 2 atom stereocenters. The Morgan fingerprint density at radius 2 is 2.00 bits per heavy atom. The molecular weight excluding hydrogens is 194 g/mol. The van der Waals surface area contributed by atoms with Crippen LogP contribution in [0.3, 0.4) is 0 Å². The molecular formula is C11H21NO3. The average Bonchev–Trinajstić information content (AvgIpc) is 2.06. The van der Waals surface area contributed by atoms with Gasteiger partial charge in [-0.2, -0.15) is 0 Å². The van der Waals surface area contributed by atoms with Gasteiger partial charge in [-0.15, -0.1) is 0 Å². The van der Waals surface area contributed by atoms with E-state index in [0.717, 1.165) is 12.8 Å². The second-order valence-corrected chi connectivity index (χ2v) is 5.41. The average molecular weight is 215 g/mol. The van der Waals surface area contributed by atoms with Gasteiger partial charge < -0.3 is 15.5 Å². The van der Waals surface area contributed by atoms with Gasteiger partial charge in [0.25, 0.3) is 0 Å². The lowest BCUT2D eigenvalue weighted by molar-refractivity contribution is -0.0373. The Hall–Kier alpha value is -0.770. The van der Waals surface area contributed by atoms with E-state index in [1.807, 2.05) is 20.8 Å². The number of nitrogens with one attached hydrogen (secondary N) is 1. The Balaban J connectivity index is 2.98. The van der Waals surface area contributed by atoms with Crippen molar-refractivity contribution in [3.05, 3.63) is 0 Å². The summed E-state index contributed by atoms with van der Waals surface area (Å²) >= 11 is 0. The van der Waals surface area contributed by atoms with Crippen LogP contribution in [0.4, 0.5) is 4.79 Å². The molecule has 0 radical (unpaired) electrons. The second-order valence-electron chi connectivity index (χ2n) is 5.41. The maximum Gasteiger partial charge on any atom is 0.405 e.